The monoisotopic (exact) mass is 342 g/mol. The van der Waals surface area contributed by atoms with Gasteiger partial charge in [0, 0.05) is 31.5 Å². The van der Waals surface area contributed by atoms with Crippen LogP contribution in [0.15, 0.2) is 42.7 Å². The Kier molecular flexibility index (Phi) is 5.93. The van der Waals surface area contributed by atoms with Crippen molar-refractivity contribution in [3.8, 4) is 5.75 Å². The highest BCUT2D eigenvalue weighted by Gasteiger charge is 2.27. The van der Waals surface area contributed by atoms with Crippen molar-refractivity contribution in [2.24, 2.45) is 0 Å². The van der Waals surface area contributed by atoms with Gasteiger partial charge in [-0.1, -0.05) is 12.1 Å². The number of anilines is 1. The molecule has 2 heterocycles. The van der Waals surface area contributed by atoms with E-state index in [0.29, 0.717) is 12.4 Å². The van der Waals surface area contributed by atoms with E-state index in [1.165, 1.54) is 6.42 Å². The Morgan fingerprint density at radius 3 is 3.00 bits per heavy atom. The number of amides is 2. The highest BCUT2D eigenvalue weighted by molar-refractivity contribution is 5.91. The van der Waals surface area contributed by atoms with Crippen molar-refractivity contribution in [2.75, 3.05) is 18.5 Å². The first-order valence-electron chi connectivity index (χ1n) is 9.05. The molecule has 1 fully saturated rings. The number of carbonyl (C=O) groups is 1. The molecule has 1 N–H and O–H groups in total. The lowest BCUT2D eigenvalue weighted by Crippen LogP contribution is -2.46. The molecule has 6 heteroatoms. The molecule has 1 aromatic carbocycles. The Morgan fingerprint density at radius 2 is 2.20 bits per heavy atom. The Labute approximate surface area is 148 Å². The van der Waals surface area contributed by atoms with Crippen molar-refractivity contribution in [3.63, 3.8) is 0 Å². The number of para-hydroxylation sites is 2. The molecule has 3 rings (SSSR count). The molecule has 1 aromatic heterocycles. The Bertz CT molecular complexity index is 672. The van der Waals surface area contributed by atoms with E-state index in [9.17, 15) is 4.79 Å². The topological polar surface area (TPSA) is 59.4 Å². The van der Waals surface area contributed by atoms with Gasteiger partial charge in [0.05, 0.1) is 12.3 Å². The number of rotatable bonds is 6. The van der Waals surface area contributed by atoms with Crippen LogP contribution in [0.3, 0.4) is 0 Å². The number of nitrogens with one attached hydrogen (secondary N) is 1. The molecule has 6 nitrogen and oxygen atoms in total. The van der Waals surface area contributed by atoms with Gasteiger partial charge in [-0.2, -0.15) is 5.10 Å². The van der Waals surface area contributed by atoms with Crippen LogP contribution in [-0.4, -0.2) is 39.9 Å². The van der Waals surface area contributed by atoms with Crippen molar-refractivity contribution in [1.29, 1.82) is 0 Å². The van der Waals surface area contributed by atoms with Gasteiger partial charge in [0.1, 0.15) is 5.75 Å². The second kappa shape index (κ2) is 8.55. The summed E-state index contributed by atoms with van der Waals surface area (Å²) >= 11 is 0. The van der Waals surface area contributed by atoms with Crippen LogP contribution < -0.4 is 10.1 Å². The van der Waals surface area contributed by atoms with E-state index in [1.807, 2.05) is 53.0 Å². The summed E-state index contributed by atoms with van der Waals surface area (Å²) < 4.78 is 7.53. The van der Waals surface area contributed by atoms with Crippen molar-refractivity contribution in [2.45, 2.75) is 45.2 Å². The summed E-state index contributed by atoms with van der Waals surface area (Å²) in [5.74, 6) is 0.712. The molecule has 1 aliphatic heterocycles. The normalized spacial score (nSPS) is 17.3. The number of aryl methyl sites for hydroxylation is 1. The molecule has 0 aliphatic carbocycles. The minimum Gasteiger partial charge on any atom is -0.492 e. The first-order chi connectivity index (χ1) is 12.3. The lowest BCUT2D eigenvalue weighted by Gasteiger charge is -2.36. The molecule has 1 atom stereocenters. The third-order valence-electron chi connectivity index (χ3n) is 4.57. The third kappa shape index (κ3) is 4.53. The zero-order chi connectivity index (χ0) is 17.5. The number of nitrogens with zero attached hydrogens (tertiary/aromatic N) is 3. The van der Waals surface area contributed by atoms with Gasteiger partial charge in [0.2, 0.25) is 0 Å². The molecule has 0 unspecified atom stereocenters. The molecule has 0 bridgehead atoms. The summed E-state index contributed by atoms with van der Waals surface area (Å²) in [6.45, 7) is 4.14. The molecular formula is C19H26N4O2. The van der Waals surface area contributed by atoms with Crippen molar-refractivity contribution in [1.82, 2.24) is 14.7 Å². The van der Waals surface area contributed by atoms with E-state index < -0.39 is 0 Å². The summed E-state index contributed by atoms with van der Waals surface area (Å²) in [6, 6.07) is 9.71. The number of hydrogen-bond donors (Lipinski definition) is 1. The van der Waals surface area contributed by atoms with Gasteiger partial charge in [-0.25, -0.2) is 4.79 Å². The maximum Gasteiger partial charge on any atom is 0.322 e. The third-order valence-corrected chi connectivity index (χ3v) is 4.57. The minimum absolute atomic E-state index is 0.0441. The average molecular weight is 342 g/mol. The highest BCUT2D eigenvalue weighted by atomic mass is 16.5. The van der Waals surface area contributed by atoms with E-state index >= 15 is 0 Å². The fraction of sp³-hybridized carbons (Fsp3) is 0.474. The van der Waals surface area contributed by atoms with Gasteiger partial charge in [-0.3, -0.25) is 4.68 Å². The van der Waals surface area contributed by atoms with Crippen LogP contribution in [-0.2, 0) is 6.54 Å². The SMILES string of the molecule is CCOc1ccccc1NC(=O)N1CCCC[C@@H]1CCn1cccn1. The lowest BCUT2D eigenvalue weighted by atomic mass is 10.00. The summed E-state index contributed by atoms with van der Waals surface area (Å²) in [6.07, 6.45) is 7.94. The summed E-state index contributed by atoms with van der Waals surface area (Å²) in [4.78, 5) is 14.8. The zero-order valence-electron chi connectivity index (χ0n) is 14.7. The number of likely N-dealkylation sites (tertiary alicyclic amines) is 1. The fourth-order valence-electron chi connectivity index (χ4n) is 3.32. The predicted octanol–water partition coefficient (Wildman–Crippen LogP) is 3.76. The molecule has 1 saturated heterocycles. The second-order valence-corrected chi connectivity index (χ2v) is 6.26. The van der Waals surface area contributed by atoms with E-state index in [2.05, 4.69) is 10.4 Å². The van der Waals surface area contributed by atoms with Crippen molar-refractivity contribution in [3.05, 3.63) is 42.7 Å². The van der Waals surface area contributed by atoms with Gasteiger partial charge >= 0.3 is 6.03 Å². The van der Waals surface area contributed by atoms with Crippen LogP contribution in [0.25, 0.3) is 0 Å². The summed E-state index contributed by atoms with van der Waals surface area (Å²) in [5.41, 5.74) is 0.728. The van der Waals surface area contributed by atoms with E-state index in [4.69, 9.17) is 4.74 Å². The van der Waals surface area contributed by atoms with Gasteiger partial charge in [0.15, 0.2) is 0 Å². The molecule has 0 spiro atoms. The summed E-state index contributed by atoms with van der Waals surface area (Å²) in [7, 11) is 0. The fourth-order valence-corrected chi connectivity index (χ4v) is 3.32. The number of ether oxygens (including phenoxy) is 1. The van der Waals surface area contributed by atoms with Crippen LogP contribution in [0.5, 0.6) is 5.75 Å². The lowest BCUT2D eigenvalue weighted by molar-refractivity contribution is 0.154. The Hall–Kier alpha value is -2.50. The van der Waals surface area contributed by atoms with Crippen LogP contribution in [0.1, 0.15) is 32.6 Å². The van der Waals surface area contributed by atoms with Crippen LogP contribution >= 0.6 is 0 Å². The van der Waals surface area contributed by atoms with Crippen LogP contribution in [0.2, 0.25) is 0 Å². The molecule has 0 saturated carbocycles. The average Bonchev–Trinajstić information content (AvgIpc) is 3.15. The summed E-state index contributed by atoms with van der Waals surface area (Å²) in [5, 5.41) is 7.28. The van der Waals surface area contributed by atoms with Gasteiger partial charge in [0.25, 0.3) is 0 Å². The largest absolute Gasteiger partial charge is 0.492 e. The van der Waals surface area contributed by atoms with Gasteiger partial charge in [-0.05, 0) is 50.8 Å². The molecule has 2 aromatic rings. The second-order valence-electron chi connectivity index (χ2n) is 6.26. The van der Waals surface area contributed by atoms with E-state index in [1.54, 1.807) is 6.20 Å². The van der Waals surface area contributed by atoms with Gasteiger partial charge in [-0.15, -0.1) is 0 Å². The first-order valence-corrected chi connectivity index (χ1v) is 9.05. The standard InChI is InChI=1S/C19H26N4O2/c1-2-25-18-10-4-3-9-17(18)21-19(24)23-14-6-5-8-16(23)11-15-22-13-7-12-20-22/h3-4,7,9-10,12-13,16H,2,5-6,8,11,14-15H2,1H3,(H,21,24)/t16-/m1/s1. The van der Waals surface area contributed by atoms with Crippen molar-refractivity contribution >= 4 is 11.7 Å². The number of aromatic nitrogens is 2. The maximum atomic E-state index is 12.8. The highest BCUT2D eigenvalue weighted by Crippen LogP contribution is 2.26. The van der Waals surface area contributed by atoms with Crippen LogP contribution in [0, 0.1) is 0 Å². The number of urea groups is 1. The molecule has 2 amide bonds. The molecule has 0 radical (unpaired) electrons. The molecular weight excluding hydrogens is 316 g/mol. The zero-order valence-corrected chi connectivity index (χ0v) is 14.7. The predicted molar refractivity (Wildman–Crippen MR) is 97.8 cm³/mol. The van der Waals surface area contributed by atoms with Crippen LogP contribution in [0.4, 0.5) is 10.5 Å². The minimum atomic E-state index is -0.0441. The number of benzene rings is 1. The van der Waals surface area contributed by atoms with E-state index in [-0.39, 0.29) is 12.1 Å². The first kappa shape index (κ1) is 17.3. The smallest absolute Gasteiger partial charge is 0.322 e. The number of piperidine rings is 1. The maximum absolute atomic E-state index is 12.8. The molecule has 1 aliphatic rings. The Balaban J connectivity index is 1.64. The molecule has 25 heavy (non-hydrogen) atoms. The Morgan fingerprint density at radius 1 is 1.32 bits per heavy atom. The van der Waals surface area contributed by atoms with E-state index in [0.717, 1.165) is 38.0 Å². The number of hydrogen-bond acceptors (Lipinski definition) is 3. The van der Waals surface area contributed by atoms with Crippen molar-refractivity contribution < 1.29 is 9.53 Å². The number of carbonyl (C=O) groups excluding carboxylic acids is 1. The quantitative estimate of drug-likeness (QED) is 0.869. The molecule has 134 valence electrons. The van der Waals surface area contributed by atoms with Gasteiger partial charge < -0.3 is 15.0 Å².